The maximum atomic E-state index is 12.7. The minimum Gasteiger partial charge on any atom is -0.497 e. The lowest BCUT2D eigenvalue weighted by Gasteiger charge is -2.31. The number of carbonyl (C=O) groups is 2. The van der Waals surface area contributed by atoms with Crippen molar-refractivity contribution < 1.29 is 14.3 Å². The van der Waals surface area contributed by atoms with Gasteiger partial charge in [0, 0.05) is 32.6 Å². The van der Waals surface area contributed by atoms with Gasteiger partial charge in [-0.3, -0.25) is 14.5 Å². The van der Waals surface area contributed by atoms with Crippen LogP contribution in [-0.4, -0.2) is 48.8 Å². The Labute approximate surface area is 180 Å². The molecule has 0 radical (unpaired) electrons. The molecule has 1 aromatic carbocycles. The molecular formula is C21H27N5O3S. The van der Waals surface area contributed by atoms with Crippen LogP contribution in [0, 0.1) is 5.92 Å². The fourth-order valence-corrected chi connectivity index (χ4v) is 4.82. The number of anilines is 2. The average molecular weight is 430 g/mol. The number of ether oxygens (including phenoxy) is 1. The molecule has 0 aliphatic carbocycles. The Bertz CT molecular complexity index is 885. The van der Waals surface area contributed by atoms with Crippen molar-refractivity contribution in [3.05, 3.63) is 29.8 Å². The minimum absolute atomic E-state index is 0.0615. The number of carbonyl (C=O) groups excluding carboxylic acids is 2. The maximum Gasteiger partial charge on any atom is 0.228 e. The number of amides is 2. The maximum absolute atomic E-state index is 12.7. The highest BCUT2D eigenvalue weighted by molar-refractivity contribution is 7.19. The third-order valence-electron chi connectivity index (χ3n) is 5.65. The predicted octanol–water partition coefficient (Wildman–Crippen LogP) is 2.60. The molecule has 2 amide bonds. The molecule has 1 atom stereocenters. The summed E-state index contributed by atoms with van der Waals surface area (Å²) in [5, 5.41) is 13.1. The van der Waals surface area contributed by atoms with Gasteiger partial charge >= 0.3 is 0 Å². The summed E-state index contributed by atoms with van der Waals surface area (Å²) in [6, 6.07) is 7.70. The molecule has 0 saturated carbocycles. The number of aromatic nitrogens is 2. The average Bonchev–Trinajstić information content (AvgIpc) is 3.28. The molecule has 0 bridgehead atoms. The van der Waals surface area contributed by atoms with Crippen LogP contribution in [0.3, 0.4) is 0 Å². The number of nitrogens with one attached hydrogen (secondary N) is 1. The fraction of sp³-hybridized carbons (Fsp3) is 0.524. The van der Waals surface area contributed by atoms with E-state index in [9.17, 15) is 9.59 Å². The van der Waals surface area contributed by atoms with E-state index >= 15 is 0 Å². The minimum atomic E-state index is -0.0824. The van der Waals surface area contributed by atoms with Crippen LogP contribution < -0.4 is 19.9 Å². The van der Waals surface area contributed by atoms with Crippen molar-refractivity contribution in [3.8, 4) is 5.75 Å². The van der Waals surface area contributed by atoms with E-state index in [1.807, 2.05) is 24.3 Å². The molecule has 1 N–H and O–H groups in total. The number of rotatable bonds is 6. The first-order chi connectivity index (χ1) is 14.6. The van der Waals surface area contributed by atoms with Crippen molar-refractivity contribution in [3.63, 3.8) is 0 Å². The summed E-state index contributed by atoms with van der Waals surface area (Å²) in [6.07, 6.45) is 4.32. The van der Waals surface area contributed by atoms with Gasteiger partial charge in [-0.2, -0.15) is 0 Å². The van der Waals surface area contributed by atoms with Gasteiger partial charge in [0.2, 0.25) is 22.1 Å². The van der Waals surface area contributed by atoms with Gasteiger partial charge in [-0.05, 0) is 43.4 Å². The zero-order valence-electron chi connectivity index (χ0n) is 17.2. The van der Waals surface area contributed by atoms with Crippen LogP contribution in [-0.2, 0) is 16.1 Å². The molecule has 2 fully saturated rings. The van der Waals surface area contributed by atoms with Crippen molar-refractivity contribution >= 4 is 33.4 Å². The molecule has 9 heteroatoms. The molecule has 1 aromatic heterocycles. The van der Waals surface area contributed by atoms with Crippen molar-refractivity contribution in [1.29, 1.82) is 0 Å². The summed E-state index contributed by atoms with van der Waals surface area (Å²) in [7, 11) is 1.64. The zero-order chi connectivity index (χ0) is 20.9. The Morgan fingerprint density at radius 2 is 1.97 bits per heavy atom. The molecular weight excluding hydrogens is 402 g/mol. The molecule has 4 rings (SSSR count). The van der Waals surface area contributed by atoms with E-state index in [0.717, 1.165) is 48.7 Å². The largest absolute Gasteiger partial charge is 0.497 e. The van der Waals surface area contributed by atoms with Crippen LogP contribution in [0.15, 0.2) is 24.3 Å². The van der Waals surface area contributed by atoms with E-state index < -0.39 is 0 Å². The smallest absolute Gasteiger partial charge is 0.228 e. The van der Waals surface area contributed by atoms with Crippen LogP contribution >= 0.6 is 11.3 Å². The van der Waals surface area contributed by atoms with E-state index in [0.29, 0.717) is 31.2 Å². The van der Waals surface area contributed by atoms with E-state index in [-0.39, 0.29) is 17.7 Å². The number of benzene rings is 1. The quantitative estimate of drug-likeness (QED) is 0.760. The number of hydrogen-bond acceptors (Lipinski definition) is 7. The molecule has 2 aliphatic rings. The monoisotopic (exact) mass is 429 g/mol. The van der Waals surface area contributed by atoms with E-state index in [2.05, 4.69) is 20.4 Å². The predicted molar refractivity (Wildman–Crippen MR) is 116 cm³/mol. The van der Waals surface area contributed by atoms with E-state index in [1.165, 1.54) is 11.3 Å². The van der Waals surface area contributed by atoms with Gasteiger partial charge in [0.1, 0.15) is 5.75 Å². The molecule has 3 heterocycles. The molecule has 160 valence electrons. The Kier molecular flexibility index (Phi) is 6.47. The zero-order valence-corrected chi connectivity index (χ0v) is 18.0. The molecule has 2 aliphatic heterocycles. The van der Waals surface area contributed by atoms with Gasteiger partial charge in [-0.25, -0.2) is 0 Å². The first-order valence-electron chi connectivity index (χ1n) is 10.4. The summed E-state index contributed by atoms with van der Waals surface area (Å²) >= 11 is 1.44. The highest BCUT2D eigenvalue weighted by Gasteiger charge is 2.29. The summed E-state index contributed by atoms with van der Waals surface area (Å²) in [4.78, 5) is 28.7. The van der Waals surface area contributed by atoms with Gasteiger partial charge in [-0.1, -0.05) is 23.5 Å². The second-order valence-corrected chi connectivity index (χ2v) is 8.66. The second kappa shape index (κ2) is 9.42. The number of nitrogens with zero attached hydrogens (tertiary/aromatic N) is 4. The lowest BCUT2D eigenvalue weighted by molar-refractivity contribution is -0.125. The Morgan fingerprint density at radius 3 is 2.73 bits per heavy atom. The number of piperidine rings is 2. The third kappa shape index (κ3) is 4.72. The number of hydrogen-bond donors (Lipinski definition) is 1. The topological polar surface area (TPSA) is 87.7 Å². The molecule has 0 spiro atoms. The third-order valence-corrected chi connectivity index (χ3v) is 6.65. The lowest BCUT2D eigenvalue weighted by Crippen LogP contribution is -2.43. The Hall–Kier alpha value is -2.68. The van der Waals surface area contributed by atoms with Gasteiger partial charge in [0.25, 0.3) is 0 Å². The van der Waals surface area contributed by atoms with Crippen LogP contribution in [0.5, 0.6) is 5.75 Å². The van der Waals surface area contributed by atoms with Gasteiger partial charge in [-0.15, -0.1) is 10.2 Å². The Balaban J connectivity index is 1.33. The van der Waals surface area contributed by atoms with E-state index in [4.69, 9.17) is 4.74 Å². The summed E-state index contributed by atoms with van der Waals surface area (Å²) in [5.74, 6) is 0.904. The first-order valence-corrected chi connectivity index (χ1v) is 11.2. The second-order valence-electron chi connectivity index (χ2n) is 7.72. The molecule has 0 unspecified atom stereocenters. The van der Waals surface area contributed by atoms with Crippen molar-refractivity contribution in [2.75, 3.05) is 36.5 Å². The SMILES string of the molecule is COc1ccc(CNC(=O)[C@@H]2CCCN(c3nnc(N4CCCCC4=O)s3)C2)cc1. The van der Waals surface area contributed by atoms with Crippen molar-refractivity contribution in [2.24, 2.45) is 5.92 Å². The van der Waals surface area contributed by atoms with Crippen LogP contribution in [0.1, 0.15) is 37.7 Å². The van der Waals surface area contributed by atoms with Crippen LogP contribution in [0.2, 0.25) is 0 Å². The Morgan fingerprint density at radius 1 is 1.17 bits per heavy atom. The summed E-state index contributed by atoms with van der Waals surface area (Å²) < 4.78 is 5.17. The van der Waals surface area contributed by atoms with Gasteiger partial charge < -0.3 is 15.0 Å². The van der Waals surface area contributed by atoms with Gasteiger partial charge in [0.15, 0.2) is 0 Å². The molecule has 2 aromatic rings. The fourth-order valence-electron chi connectivity index (χ4n) is 3.89. The highest BCUT2D eigenvalue weighted by atomic mass is 32.1. The lowest BCUT2D eigenvalue weighted by atomic mass is 9.97. The highest BCUT2D eigenvalue weighted by Crippen LogP contribution is 2.32. The summed E-state index contributed by atoms with van der Waals surface area (Å²) in [6.45, 7) is 2.69. The molecule has 2 saturated heterocycles. The first kappa shape index (κ1) is 20.6. The number of methoxy groups -OCH3 is 1. The van der Waals surface area contributed by atoms with E-state index in [1.54, 1.807) is 12.0 Å². The van der Waals surface area contributed by atoms with Crippen LogP contribution in [0.25, 0.3) is 0 Å². The van der Waals surface area contributed by atoms with Crippen molar-refractivity contribution in [2.45, 2.75) is 38.6 Å². The van der Waals surface area contributed by atoms with Crippen molar-refractivity contribution in [1.82, 2.24) is 15.5 Å². The van der Waals surface area contributed by atoms with Crippen LogP contribution in [0.4, 0.5) is 10.3 Å². The summed E-state index contributed by atoms with van der Waals surface area (Å²) in [5.41, 5.74) is 1.04. The van der Waals surface area contributed by atoms with Gasteiger partial charge in [0.05, 0.1) is 13.0 Å². The molecule has 30 heavy (non-hydrogen) atoms. The standard InChI is InChI=1S/C21H27N5O3S/c1-29-17-9-7-15(8-10-17)13-22-19(28)16-5-4-11-25(14-16)20-23-24-21(30-20)26-12-3-2-6-18(26)27/h7-10,16H,2-6,11-14H2,1H3,(H,22,28)/t16-/m1/s1. The molecule has 8 nitrogen and oxygen atoms in total. The normalized spacial score (nSPS) is 19.6.